The van der Waals surface area contributed by atoms with Crippen LogP contribution in [0.3, 0.4) is 0 Å². The SMILES string of the molecule is Cc1c(-c2cc3cncnc3[nH]c2=O)c(N)nc2c(C3CCC(OCCO)CC3)cccc12. The summed E-state index contributed by atoms with van der Waals surface area (Å²) in [5.41, 5.74) is 10.8. The Hall–Kier alpha value is -3.36. The number of aliphatic hydroxyl groups excluding tert-OH is 1. The van der Waals surface area contributed by atoms with Gasteiger partial charge in [0, 0.05) is 22.5 Å². The van der Waals surface area contributed by atoms with Crippen molar-refractivity contribution in [3.8, 4) is 11.1 Å². The van der Waals surface area contributed by atoms with E-state index in [1.54, 1.807) is 12.3 Å². The fourth-order valence-corrected chi connectivity index (χ4v) is 5.05. The molecular formula is C25H27N5O3. The van der Waals surface area contributed by atoms with Crippen LogP contribution in [0, 0.1) is 6.92 Å². The Bertz CT molecular complexity index is 1380. The molecule has 0 unspecified atom stereocenters. The fourth-order valence-electron chi connectivity index (χ4n) is 5.05. The van der Waals surface area contributed by atoms with Gasteiger partial charge in [-0.05, 0) is 55.7 Å². The van der Waals surface area contributed by atoms with E-state index in [1.165, 1.54) is 11.9 Å². The Balaban J connectivity index is 1.56. The number of benzene rings is 1. The van der Waals surface area contributed by atoms with Gasteiger partial charge < -0.3 is 20.6 Å². The van der Waals surface area contributed by atoms with Gasteiger partial charge in [-0.3, -0.25) is 4.79 Å². The van der Waals surface area contributed by atoms with E-state index in [0.29, 0.717) is 35.1 Å². The summed E-state index contributed by atoms with van der Waals surface area (Å²) in [6, 6.07) is 8.00. The number of fused-ring (bicyclic) bond motifs is 2. The smallest absolute Gasteiger partial charge is 0.257 e. The predicted molar refractivity (Wildman–Crippen MR) is 128 cm³/mol. The summed E-state index contributed by atoms with van der Waals surface area (Å²) in [6.07, 6.45) is 7.20. The first-order chi connectivity index (χ1) is 16.1. The maximum absolute atomic E-state index is 12.9. The standard InChI is InChI=1S/C25H27N5O3/c1-14-18-3-2-4-19(15-5-7-17(8-6-15)33-10-9-31)22(18)29-23(26)21(14)20-11-16-12-27-13-28-24(16)30-25(20)32/h2-4,11-13,15,17,31H,5-10H2,1H3,(H2,26,29)(H,27,28,30,32). The molecule has 0 atom stereocenters. The zero-order valence-corrected chi connectivity index (χ0v) is 18.5. The Morgan fingerprint density at radius 1 is 1.24 bits per heavy atom. The number of pyridine rings is 2. The molecule has 0 radical (unpaired) electrons. The maximum Gasteiger partial charge on any atom is 0.257 e. The molecule has 3 aromatic heterocycles. The number of nitrogens with two attached hydrogens (primary N) is 1. The summed E-state index contributed by atoms with van der Waals surface area (Å²) in [4.78, 5) is 28.7. The Labute approximate surface area is 190 Å². The highest BCUT2D eigenvalue weighted by atomic mass is 16.5. The molecule has 1 aliphatic rings. The number of hydrogen-bond donors (Lipinski definition) is 3. The van der Waals surface area contributed by atoms with Crippen molar-refractivity contribution in [3.63, 3.8) is 0 Å². The molecule has 3 heterocycles. The number of aliphatic hydroxyl groups is 1. The number of para-hydroxylation sites is 1. The first-order valence-corrected chi connectivity index (χ1v) is 11.3. The van der Waals surface area contributed by atoms with E-state index < -0.39 is 0 Å². The van der Waals surface area contributed by atoms with Crippen LogP contribution in [0.2, 0.25) is 0 Å². The van der Waals surface area contributed by atoms with E-state index >= 15 is 0 Å². The van der Waals surface area contributed by atoms with E-state index in [0.717, 1.165) is 47.5 Å². The van der Waals surface area contributed by atoms with Crippen LogP contribution in [0.1, 0.15) is 42.7 Å². The lowest BCUT2D eigenvalue weighted by molar-refractivity contribution is 0.00586. The van der Waals surface area contributed by atoms with E-state index in [1.807, 2.05) is 13.0 Å². The van der Waals surface area contributed by atoms with Crippen molar-refractivity contribution < 1.29 is 9.84 Å². The van der Waals surface area contributed by atoms with E-state index in [9.17, 15) is 4.79 Å². The monoisotopic (exact) mass is 445 g/mol. The maximum atomic E-state index is 12.9. The quantitative estimate of drug-likeness (QED) is 0.429. The van der Waals surface area contributed by atoms with Crippen LogP contribution in [-0.4, -0.2) is 44.4 Å². The van der Waals surface area contributed by atoms with Crippen LogP contribution in [0.5, 0.6) is 0 Å². The minimum atomic E-state index is -0.255. The minimum absolute atomic E-state index is 0.0567. The number of aryl methyl sites for hydroxylation is 1. The highest BCUT2D eigenvalue weighted by molar-refractivity contribution is 5.96. The van der Waals surface area contributed by atoms with Crippen molar-refractivity contribution in [3.05, 3.63) is 58.3 Å². The molecule has 1 aliphatic carbocycles. The molecule has 8 heteroatoms. The number of H-pyrrole nitrogens is 1. The minimum Gasteiger partial charge on any atom is -0.394 e. The van der Waals surface area contributed by atoms with Crippen molar-refractivity contribution >= 4 is 27.8 Å². The molecule has 4 aromatic rings. The number of aromatic amines is 1. The molecule has 0 amide bonds. The number of nitrogens with zero attached hydrogens (tertiary/aromatic N) is 3. The predicted octanol–water partition coefficient (Wildman–Crippen LogP) is 3.46. The zero-order chi connectivity index (χ0) is 22.9. The Morgan fingerprint density at radius 2 is 2.06 bits per heavy atom. The molecule has 8 nitrogen and oxygen atoms in total. The lowest BCUT2D eigenvalue weighted by Crippen LogP contribution is -2.22. The van der Waals surface area contributed by atoms with Crippen molar-refractivity contribution in [2.75, 3.05) is 18.9 Å². The molecule has 0 spiro atoms. The highest BCUT2D eigenvalue weighted by Crippen LogP contribution is 2.40. The van der Waals surface area contributed by atoms with E-state index in [2.05, 4.69) is 27.1 Å². The molecule has 5 rings (SSSR count). The third kappa shape index (κ3) is 3.96. The van der Waals surface area contributed by atoms with Crippen LogP contribution in [0.25, 0.3) is 33.1 Å². The van der Waals surface area contributed by atoms with E-state index in [-0.39, 0.29) is 18.3 Å². The van der Waals surface area contributed by atoms with Gasteiger partial charge in [0.15, 0.2) is 0 Å². The summed E-state index contributed by atoms with van der Waals surface area (Å²) in [5, 5.41) is 10.7. The number of nitrogens with one attached hydrogen (secondary N) is 1. The largest absolute Gasteiger partial charge is 0.394 e. The zero-order valence-electron chi connectivity index (χ0n) is 18.5. The second-order valence-electron chi connectivity index (χ2n) is 8.65. The first kappa shape index (κ1) is 21.5. The lowest BCUT2D eigenvalue weighted by Gasteiger charge is -2.29. The number of hydrogen-bond acceptors (Lipinski definition) is 7. The van der Waals surface area contributed by atoms with Crippen molar-refractivity contribution in [1.82, 2.24) is 19.9 Å². The van der Waals surface area contributed by atoms with Gasteiger partial charge in [0.1, 0.15) is 17.8 Å². The Morgan fingerprint density at radius 3 is 2.85 bits per heavy atom. The average molecular weight is 446 g/mol. The average Bonchev–Trinajstić information content (AvgIpc) is 2.83. The van der Waals surface area contributed by atoms with Crippen molar-refractivity contribution in [2.45, 2.75) is 44.6 Å². The molecule has 1 aromatic carbocycles. The summed E-state index contributed by atoms with van der Waals surface area (Å²) in [5.74, 6) is 0.718. The van der Waals surface area contributed by atoms with E-state index in [4.69, 9.17) is 20.6 Å². The first-order valence-electron chi connectivity index (χ1n) is 11.3. The number of anilines is 1. The molecule has 0 aliphatic heterocycles. The topological polar surface area (TPSA) is 127 Å². The summed E-state index contributed by atoms with van der Waals surface area (Å²) < 4.78 is 5.72. The number of ether oxygens (including phenoxy) is 1. The molecule has 0 saturated heterocycles. The second kappa shape index (κ2) is 8.88. The van der Waals surface area contributed by atoms with Crippen molar-refractivity contribution in [1.29, 1.82) is 0 Å². The molecule has 1 saturated carbocycles. The third-order valence-electron chi connectivity index (χ3n) is 6.68. The van der Waals surface area contributed by atoms with Gasteiger partial charge in [0.2, 0.25) is 0 Å². The molecule has 1 fully saturated rings. The van der Waals surface area contributed by atoms with Crippen LogP contribution >= 0.6 is 0 Å². The number of aromatic nitrogens is 4. The molecular weight excluding hydrogens is 418 g/mol. The lowest BCUT2D eigenvalue weighted by atomic mass is 9.81. The molecule has 170 valence electrons. The highest BCUT2D eigenvalue weighted by Gasteiger charge is 2.25. The Kier molecular flexibility index (Phi) is 5.78. The summed E-state index contributed by atoms with van der Waals surface area (Å²) in [7, 11) is 0. The van der Waals surface area contributed by atoms with Gasteiger partial charge in [0.25, 0.3) is 5.56 Å². The summed E-state index contributed by atoms with van der Waals surface area (Å²) >= 11 is 0. The van der Waals surface area contributed by atoms with Gasteiger partial charge in [-0.15, -0.1) is 0 Å². The normalized spacial score (nSPS) is 18.7. The van der Waals surface area contributed by atoms with Crippen LogP contribution in [-0.2, 0) is 4.74 Å². The van der Waals surface area contributed by atoms with Crippen LogP contribution < -0.4 is 11.3 Å². The van der Waals surface area contributed by atoms with Gasteiger partial charge in [-0.2, -0.15) is 0 Å². The van der Waals surface area contributed by atoms with Crippen LogP contribution in [0.4, 0.5) is 5.82 Å². The number of nitrogen functional groups attached to an aromatic ring is 1. The number of rotatable bonds is 5. The summed E-state index contributed by atoms with van der Waals surface area (Å²) in [6.45, 7) is 2.44. The third-order valence-corrected chi connectivity index (χ3v) is 6.68. The second-order valence-corrected chi connectivity index (χ2v) is 8.65. The van der Waals surface area contributed by atoms with Gasteiger partial charge in [-0.1, -0.05) is 18.2 Å². The fraction of sp³-hybridized carbons (Fsp3) is 0.360. The molecule has 4 N–H and O–H groups in total. The molecule has 33 heavy (non-hydrogen) atoms. The van der Waals surface area contributed by atoms with Crippen molar-refractivity contribution in [2.24, 2.45) is 0 Å². The molecule has 0 bridgehead atoms. The van der Waals surface area contributed by atoms with Gasteiger partial charge >= 0.3 is 0 Å². The van der Waals surface area contributed by atoms with Crippen LogP contribution in [0.15, 0.2) is 41.6 Å². The van der Waals surface area contributed by atoms with Gasteiger partial charge in [0.05, 0.1) is 30.4 Å². The van der Waals surface area contributed by atoms with Gasteiger partial charge in [-0.25, -0.2) is 15.0 Å².